The van der Waals surface area contributed by atoms with E-state index in [1.54, 1.807) is 0 Å². The highest BCUT2D eigenvalue weighted by Crippen LogP contribution is 2.28. The minimum absolute atomic E-state index is 0.0569. The Kier molecular flexibility index (Phi) is 6.27. The highest BCUT2D eigenvalue weighted by Gasteiger charge is 2.23. The summed E-state index contributed by atoms with van der Waals surface area (Å²) in [5.41, 5.74) is 4.99. The number of nitrogens with one attached hydrogen (secondary N) is 1. The molecule has 6 heteroatoms. The fourth-order valence-corrected chi connectivity index (χ4v) is 5.26. The Morgan fingerprint density at radius 1 is 1.09 bits per heavy atom. The first-order valence-corrected chi connectivity index (χ1v) is 12.1. The zero-order valence-electron chi connectivity index (χ0n) is 19.7. The molecule has 0 unspecified atom stereocenters. The molecule has 2 saturated heterocycles. The smallest absolute Gasteiger partial charge is 0.260 e. The van der Waals surface area contributed by atoms with Crippen molar-refractivity contribution in [2.24, 2.45) is 0 Å². The second-order valence-electron chi connectivity index (χ2n) is 9.45. The van der Waals surface area contributed by atoms with E-state index in [9.17, 15) is 4.79 Å². The molecule has 1 aromatic heterocycles. The van der Waals surface area contributed by atoms with Crippen molar-refractivity contribution in [2.75, 3.05) is 51.3 Å². The lowest BCUT2D eigenvalue weighted by molar-refractivity contribution is -0.133. The van der Waals surface area contributed by atoms with Crippen LogP contribution < -0.4 is 9.64 Å². The molecule has 0 saturated carbocycles. The number of hydrogen-bond donors (Lipinski definition) is 1. The molecular formula is C27H34N4O2. The van der Waals surface area contributed by atoms with Crippen molar-refractivity contribution in [2.45, 2.75) is 32.2 Å². The van der Waals surface area contributed by atoms with Gasteiger partial charge in [-0.2, -0.15) is 0 Å². The van der Waals surface area contributed by atoms with Gasteiger partial charge in [-0.25, -0.2) is 0 Å². The summed E-state index contributed by atoms with van der Waals surface area (Å²) in [4.78, 5) is 22.9. The topological polar surface area (TPSA) is 51.8 Å². The van der Waals surface area contributed by atoms with Gasteiger partial charge in [0.15, 0.2) is 6.61 Å². The predicted octanol–water partition coefficient (Wildman–Crippen LogP) is 3.84. The first-order chi connectivity index (χ1) is 16.1. The maximum absolute atomic E-state index is 12.8. The third kappa shape index (κ3) is 4.71. The van der Waals surface area contributed by atoms with Gasteiger partial charge in [0.25, 0.3) is 5.91 Å². The van der Waals surface area contributed by atoms with Gasteiger partial charge in [0.05, 0.1) is 0 Å². The van der Waals surface area contributed by atoms with Crippen LogP contribution in [0.2, 0.25) is 0 Å². The number of aromatic amines is 1. The van der Waals surface area contributed by atoms with E-state index in [-0.39, 0.29) is 12.5 Å². The SMILES string of the molecule is Cc1ccccc1N1CCN(C(=O)COc2ccc3[nH]cc(C[C@H]4CCCN4C)c3c2)CC1. The molecule has 1 N–H and O–H groups in total. The molecule has 2 fully saturated rings. The summed E-state index contributed by atoms with van der Waals surface area (Å²) in [7, 11) is 2.22. The number of piperazine rings is 1. The number of carbonyl (C=O) groups excluding carboxylic acids is 1. The number of para-hydroxylation sites is 1. The van der Waals surface area contributed by atoms with Gasteiger partial charge in [-0.1, -0.05) is 18.2 Å². The van der Waals surface area contributed by atoms with Gasteiger partial charge in [-0.3, -0.25) is 4.79 Å². The number of aromatic nitrogens is 1. The van der Waals surface area contributed by atoms with Gasteiger partial charge >= 0.3 is 0 Å². The number of H-pyrrole nitrogens is 1. The van der Waals surface area contributed by atoms with Gasteiger partial charge in [-0.15, -0.1) is 0 Å². The number of ether oxygens (including phenoxy) is 1. The van der Waals surface area contributed by atoms with Crippen molar-refractivity contribution < 1.29 is 9.53 Å². The fraction of sp³-hybridized carbons (Fsp3) is 0.444. The average molecular weight is 447 g/mol. The quantitative estimate of drug-likeness (QED) is 0.625. The lowest BCUT2D eigenvalue weighted by Gasteiger charge is -2.36. The standard InChI is InChI=1S/C27H34N4O2/c1-20-6-3-4-8-26(20)30-12-14-31(15-13-30)27(32)19-33-23-9-10-25-24(17-23)21(18-28-25)16-22-7-5-11-29(22)2/h3-4,6,8-10,17-18,22,28H,5,7,11-16,19H2,1-2H3/t22-/m1/s1. The molecule has 3 aromatic rings. The molecule has 2 aliphatic rings. The Bertz CT molecular complexity index is 1120. The van der Waals surface area contributed by atoms with E-state index in [1.807, 2.05) is 11.0 Å². The van der Waals surface area contributed by atoms with Gasteiger partial charge in [0.1, 0.15) is 5.75 Å². The van der Waals surface area contributed by atoms with E-state index in [0.29, 0.717) is 6.04 Å². The van der Waals surface area contributed by atoms with Crippen LogP contribution in [-0.4, -0.2) is 73.1 Å². The Labute approximate surface area is 196 Å². The lowest BCUT2D eigenvalue weighted by Crippen LogP contribution is -2.50. The van der Waals surface area contributed by atoms with E-state index < -0.39 is 0 Å². The molecular weight excluding hydrogens is 412 g/mol. The minimum Gasteiger partial charge on any atom is -0.484 e. The number of hydrogen-bond acceptors (Lipinski definition) is 4. The molecule has 5 rings (SSSR count). The van der Waals surface area contributed by atoms with Crippen molar-refractivity contribution in [1.29, 1.82) is 0 Å². The molecule has 0 aliphatic carbocycles. The summed E-state index contributed by atoms with van der Waals surface area (Å²) in [6.07, 6.45) is 5.70. The molecule has 174 valence electrons. The minimum atomic E-state index is 0.0569. The highest BCUT2D eigenvalue weighted by molar-refractivity contribution is 5.85. The van der Waals surface area contributed by atoms with E-state index in [2.05, 4.69) is 71.4 Å². The van der Waals surface area contributed by atoms with Crippen LogP contribution in [0, 0.1) is 6.92 Å². The molecule has 0 bridgehead atoms. The predicted molar refractivity (Wildman–Crippen MR) is 133 cm³/mol. The maximum atomic E-state index is 12.8. The number of fused-ring (bicyclic) bond motifs is 1. The first kappa shape index (κ1) is 21.8. The Balaban J connectivity index is 1.17. The van der Waals surface area contributed by atoms with Crippen LogP contribution in [0.15, 0.2) is 48.7 Å². The number of rotatable bonds is 6. The van der Waals surface area contributed by atoms with Crippen molar-refractivity contribution in [3.8, 4) is 5.75 Å². The van der Waals surface area contributed by atoms with Crippen LogP contribution in [-0.2, 0) is 11.2 Å². The van der Waals surface area contributed by atoms with Crippen LogP contribution in [0.25, 0.3) is 10.9 Å². The summed E-state index contributed by atoms with van der Waals surface area (Å²) in [6, 6.07) is 15.1. The van der Waals surface area contributed by atoms with Crippen molar-refractivity contribution in [3.63, 3.8) is 0 Å². The zero-order valence-corrected chi connectivity index (χ0v) is 19.7. The summed E-state index contributed by atoms with van der Waals surface area (Å²) in [5.74, 6) is 0.816. The van der Waals surface area contributed by atoms with E-state index in [4.69, 9.17) is 4.74 Å². The van der Waals surface area contributed by atoms with Gasteiger partial charge in [0, 0.05) is 55.0 Å². The normalized spacial score (nSPS) is 19.4. The largest absolute Gasteiger partial charge is 0.484 e. The van der Waals surface area contributed by atoms with Crippen LogP contribution in [0.5, 0.6) is 5.75 Å². The number of nitrogens with zero attached hydrogens (tertiary/aromatic N) is 3. The number of likely N-dealkylation sites (tertiary alicyclic amines) is 1. The molecule has 2 aliphatic heterocycles. The zero-order chi connectivity index (χ0) is 22.8. The van der Waals surface area contributed by atoms with Crippen LogP contribution in [0.1, 0.15) is 24.0 Å². The molecule has 1 amide bonds. The van der Waals surface area contributed by atoms with Crippen LogP contribution in [0.3, 0.4) is 0 Å². The molecule has 0 spiro atoms. The molecule has 6 nitrogen and oxygen atoms in total. The highest BCUT2D eigenvalue weighted by atomic mass is 16.5. The summed E-state index contributed by atoms with van der Waals surface area (Å²) in [5, 5.41) is 1.20. The molecule has 0 radical (unpaired) electrons. The number of likely N-dealkylation sites (N-methyl/N-ethyl adjacent to an activating group) is 1. The fourth-order valence-electron chi connectivity index (χ4n) is 5.26. The average Bonchev–Trinajstić information content (AvgIpc) is 3.44. The third-order valence-corrected chi connectivity index (χ3v) is 7.32. The number of anilines is 1. The summed E-state index contributed by atoms with van der Waals surface area (Å²) >= 11 is 0. The van der Waals surface area contributed by atoms with Crippen LogP contribution >= 0.6 is 0 Å². The number of aryl methyl sites for hydroxylation is 1. The molecule has 3 heterocycles. The number of benzene rings is 2. The second-order valence-corrected chi connectivity index (χ2v) is 9.45. The van der Waals surface area contributed by atoms with E-state index in [0.717, 1.165) is 43.9 Å². The molecule has 33 heavy (non-hydrogen) atoms. The second kappa shape index (κ2) is 9.48. The maximum Gasteiger partial charge on any atom is 0.260 e. The van der Waals surface area contributed by atoms with Gasteiger partial charge < -0.3 is 24.4 Å². The summed E-state index contributed by atoms with van der Waals surface area (Å²) in [6.45, 7) is 6.57. The van der Waals surface area contributed by atoms with Crippen molar-refractivity contribution in [1.82, 2.24) is 14.8 Å². The lowest BCUT2D eigenvalue weighted by atomic mass is 10.0. The van der Waals surface area contributed by atoms with Gasteiger partial charge in [-0.05, 0) is 75.2 Å². The monoisotopic (exact) mass is 446 g/mol. The Morgan fingerprint density at radius 3 is 2.67 bits per heavy atom. The van der Waals surface area contributed by atoms with Crippen LogP contribution in [0.4, 0.5) is 5.69 Å². The molecule has 2 aromatic carbocycles. The number of carbonyl (C=O) groups is 1. The number of amides is 1. The van der Waals surface area contributed by atoms with E-state index >= 15 is 0 Å². The van der Waals surface area contributed by atoms with Gasteiger partial charge in [0.2, 0.25) is 0 Å². The Morgan fingerprint density at radius 2 is 1.91 bits per heavy atom. The van der Waals surface area contributed by atoms with Crippen molar-refractivity contribution >= 4 is 22.5 Å². The van der Waals surface area contributed by atoms with E-state index in [1.165, 1.54) is 41.6 Å². The first-order valence-electron chi connectivity index (χ1n) is 12.1. The Hall–Kier alpha value is -2.99. The van der Waals surface area contributed by atoms with Crippen molar-refractivity contribution in [3.05, 3.63) is 59.8 Å². The molecule has 1 atom stereocenters. The summed E-state index contributed by atoms with van der Waals surface area (Å²) < 4.78 is 5.95. The third-order valence-electron chi connectivity index (χ3n) is 7.32.